The number of hydrogen-bond acceptors (Lipinski definition) is 3. The molecule has 3 rings (SSSR count). The summed E-state index contributed by atoms with van der Waals surface area (Å²) in [6.45, 7) is 10.3. The molecule has 0 heterocycles. The van der Waals surface area contributed by atoms with Crippen LogP contribution in [0.1, 0.15) is 79.6 Å². The van der Waals surface area contributed by atoms with Gasteiger partial charge < -0.3 is 10.2 Å². The van der Waals surface area contributed by atoms with E-state index in [-0.39, 0.29) is 29.0 Å². The number of fused-ring (bicyclic) bond motifs is 2. The van der Waals surface area contributed by atoms with Crippen LogP contribution in [-0.4, -0.2) is 27.2 Å². The van der Waals surface area contributed by atoms with Crippen molar-refractivity contribution in [1.82, 2.24) is 0 Å². The molecule has 0 aliphatic heterocycles. The maximum absolute atomic E-state index is 12.3. The molecule has 1 fully saturated rings. The molecule has 0 aromatic rings. The van der Waals surface area contributed by atoms with E-state index in [9.17, 15) is 15.0 Å². The minimum absolute atomic E-state index is 0.0145. The molecule has 0 aromatic carbocycles. The molecule has 0 saturated heterocycles. The van der Waals surface area contributed by atoms with Crippen molar-refractivity contribution < 1.29 is 15.0 Å². The average Bonchev–Trinajstić information content (AvgIpc) is 2.93. The highest BCUT2D eigenvalue weighted by atomic mass is 16.3. The van der Waals surface area contributed by atoms with Crippen LogP contribution in [0.4, 0.5) is 0 Å². The second-order valence-electron chi connectivity index (χ2n) is 10.6. The van der Waals surface area contributed by atoms with Crippen molar-refractivity contribution in [2.24, 2.45) is 29.1 Å². The molecule has 0 radical (unpaired) electrons. The Bertz CT molecular complexity index is 641. The predicted molar refractivity (Wildman–Crippen MR) is 109 cm³/mol. The van der Waals surface area contributed by atoms with Crippen LogP contribution in [0.2, 0.25) is 0 Å². The zero-order chi connectivity index (χ0) is 20.0. The van der Waals surface area contributed by atoms with Crippen molar-refractivity contribution in [3.05, 3.63) is 23.8 Å². The second-order valence-corrected chi connectivity index (χ2v) is 10.6. The third kappa shape index (κ3) is 3.96. The molecule has 27 heavy (non-hydrogen) atoms. The summed E-state index contributed by atoms with van der Waals surface area (Å²) in [5.41, 5.74) is 0.00659. The van der Waals surface area contributed by atoms with Crippen LogP contribution in [0.3, 0.4) is 0 Å². The summed E-state index contributed by atoms with van der Waals surface area (Å²) >= 11 is 0. The molecule has 0 unspecified atom stereocenters. The smallest absolute Gasteiger partial charge is 0.163 e. The summed E-state index contributed by atoms with van der Waals surface area (Å²) in [4.78, 5) is 12.3. The number of rotatable bonds is 5. The van der Waals surface area contributed by atoms with E-state index in [1.54, 1.807) is 0 Å². The Labute approximate surface area is 164 Å². The van der Waals surface area contributed by atoms with Gasteiger partial charge in [0.05, 0.1) is 11.2 Å². The van der Waals surface area contributed by atoms with E-state index < -0.39 is 11.2 Å². The Morgan fingerprint density at radius 1 is 1.33 bits per heavy atom. The summed E-state index contributed by atoms with van der Waals surface area (Å²) in [5, 5.41) is 21.7. The van der Waals surface area contributed by atoms with Crippen LogP contribution in [0.5, 0.6) is 0 Å². The minimum atomic E-state index is -0.647. The van der Waals surface area contributed by atoms with Crippen LogP contribution in [-0.2, 0) is 4.79 Å². The van der Waals surface area contributed by atoms with Crippen LogP contribution in [0.25, 0.3) is 0 Å². The normalized spacial score (nSPS) is 40.2. The number of carbonyl (C=O) groups excluding carboxylic acids is 1. The number of allylic oxidation sites excluding steroid dienone is 4. The van der Waals surface area contributed by atoms with E-state index in [2.05, 4.69) is 32.9 Å². The molecule has 2 N–H and O–H groups in total. The van der Waals surface area contributed by atoms with Gasteiger partial charge in [0, 0.05) is 5.92 Å². The molecular weight excluding hydrogens is 336 g/mol. The van der Waals surface area contributed by atoms with E-state index in [1.807, 2.05) is 19.9 Å². The SMILES string of the molecule is CC1=CC(=O)[C@H]2C=CC[C@@H]3[C@](C)(CC[C@]3(O)[C@@H](C)CCCC(C)(C)O)C[C@H]12. The van der Waals surface area contributed by atoms with Crippen molar-refractivity contribution in [3.8, 4) is 0 Å². The van der Waals surface area contributed by atoms with Gasteiger partial charge in [0.1, 0.15) is 0 Å². The fourth-order valence-corrected chi connectivity index (χ4v) is 6.14. The lowest BCUT2D eigenvalue weighted by Gasteiger charge is -2.44. The number of hydrogen-bond donors (Lipinski definition) is 2. The lowest BCUT2D eigenvalue weighted by Crippen LogP contribution is -2.45. The topological polar surface area (TPSA) is 57.5 Å². The monoisotopic (exact) mass is 374 g/mol. The first-order valence-corrected chi connectivity index (χ1v) is 10.8. The fraction of sp³-hybridized carbons (Fsp3) is 0.792. The lowest BCUT2D eigenvalue weighted by molar-refractivity contribution is -0.117. The molecule has 3 aliphatic rings. The molecule has 0 amide bonds. The molecule has 1 saturated carbocycles. The summed E-state index contributed by atoms with van der Waals surface area (Å²) < 4.78 is 0. The maximum atomic E-state index is 12.3. The van der Waals surface area contributed by atoms with E-state index >= 15 is 0 Å². The molecule has 3 heteroatoms. The van der Waals surface area contributed by atoms with Gasteiger partial charge in [-0.25, -0.2) is 0 Å². The van der Waals surface area contributed by atoms with Gasteiger partial charge in [-0.15, -0.1) is 0 Å². The predicted octanol–water partition coefficient (Wildman–Crippen LogP) is 4.82. The average molecular weight is 375 g/mol. The quantitative estimate of drug-likeness (QED) is 0.678. The molecular formula is C24H38O3. The Balaban J connectivity index is 1.77. The van der Waals surface area contributed by atoms with E-state index in [0.717, 1.165) is 44.9 Å². The lowest BCUT2D eigenvalue weighted by atomic mass is 9.63. The van der Waals surface area contributed by atoms with Gasteiger partial charge in [-0.05, 0) is 88.5 Å². The van der Waals surface area contributed by atoms with E-state index in [0.29, 0.717) is 5.92 Å². The summed E-state index contributed by atoms with van der Waals surface area (Å²) in [7, 11) is 0. The number of carbonyl (C=O) groups is 1. The first-order chi connectivity index (χ1) is 12.5. The maximum Gasteiger partial charge on any atom is 0.163 e. The van der Waals surface area contributed by atoms with Gasteiger partial charge in [-0.1, -0.05) is 38.0 Å². The third-order valence-corrected chi connectivity index (χ3v) is 7.94. The summed E-state index contributed by atoms with van der Waals surface area (Å²) in [5.74, 6) is 1.03. The van der Waals surface area contributed by atoms with E-state index in [1.165, 1.54) is 5.57 Å². The van der Waals surface area contributed by atoms with Crippen molar-refractivity contribution >= 4 is 5.78 Å². The molecule has 3 nitrogen and oxygen atoms in total. The minimum Gasteiger partial charge on any atom is -0.390 e. The van der Waals surface area contributed by atoms with Crippen LogP contribution in [0.15, 0.2) is 23.8 Å². The highest BCUT2D eigenvalue weighted by molar-refractivity contribution is 5.96. The van der Waals surface area contributed by atoms with Gasteiger partial charge in [0.25, 0.3) is 0 Å². The van der Waals surface area contributed by atoms with Gasteiger partial charge >= 0.3 is 0 Å². The van der Waals surface area contributed by atoms with Crippen LogP contribution >= 0.6 is 0 Å². The molecule has 0 bridgehead atoms. The largest absolute Gasteiger partial charge is 0.390 e. The van der Waals surface area contributed by atoms with Gasteiger partial charge in [-0.2, -0.15) is 0 Å². The molecule has 3 aliphatic carbocycles. The number of ketones is 1. The first-order valence-electron chi connectivity index (χ1n) is 10.8. The molecule has 152 valence electrons. The van der Waals surface area contributed by atoms with Gasteiger partial charge in [0.15, 0.2) is 5.78 Å². The number of aliphatic hydroxyl groups is 2. The summed E-state index contributed by atoms with van der Waals surface area (Å²) in [6, 6.07) is 0. The first kappa shape index (κ1) is 20.8. The van der Waals surface area contributed by atoms with Gasteiger partial charge in [0.2, 0.25) is 0 Å². The highest BCUT2D eigenvalue weighted by Crippen LogP contribution is 2.59. The fourth-order valence-electron chi connectivity index (χ4n) is 6.14. The molecule has 6 atom stereocenters. The summed E-state index contributed by atoms with van der Waals surface area (Å²) in [6.07, 6.45) is 12.5. The van der Waals surface area contributed by atoms with Crippen LogP contribution < -0.4 is 0 Å². The van der Waals surface area contributed by atoms with Gasteiger partial charge in [-0.3, -0.25) is 4.79 Å². The van der Waals surface area contributed by atoms with Crippen LogP contribution in [0, 0.1) is 29.1 Å². The zero-order valence-corrected chi connectivity index (χ0v) is 17.8. The second kappa shape index (κ2) is 7.15. The Morgan fingerprint density at radius 3 is 2.70 bits per heavy atom. The third-order valence-electron chi connectivity index (χ3n) is 7.94. The van der Waals surface area contributed by atoms with Crippen molar-refractivity contribution in [2.75, 3.05) is 0 Å². The molecule has 0 aromatic heterocycles. The zero-order valence-electron chi connectivity index (χ0n) is 17.8. The van der Waals surface area contributed by atoms with Crippen molar-refractivity contribution in [2.45, 2.75) is 90.8 Å². The Hall–Kier alpha value is -0.930. The Kier molecular flexibility index (Phi) is 5.51. The van der Waals surface area contributed by atoms with Crippen molar-refractivity contribution in [1.29, 1.82) is 0 Å². The molecule has 0 spiro atoms. The Morgan fingerprint density at radius 2 is 2.04 bits per heavy atom. The standard InChI is InChI=1S/C24H38O3/c1-16-14-20(25)18-9-6-10-21-23(5,15-19(16)18)12-13-24(21,27)17(2)8-7-11-22(3,4)26/h6,9,14,17-19,21,26-27H,7-8,10-13,15H2,1-5H3/t17-,18-,19+,21+,23+,24-/m0/s1. The highest BCUT2D eigenvalue weighted by Gasteiger charge is 2.56. The van der Waals surface area contributed by atoms with Crippen molar-refractivity contribution in [3.63, 3.8) is 0 Å². The van der Waals surface area contributed by atoms with E-state index in [4.69, 9.17) is 0 Å².